The highest BCUT2D eigenvalue weighted by atomic mass is 35.5. The highest BCUT2D eigenvalue weighted by Gasteiger charge is 2.43. The van der Waals surface area contributed by atoms with Crippen molar-refractivity contribution in [3.63, 3.8) is 0 Å². The van der Waals surface area contributed by atoms with E-state index in [1.54, 1.807) is 0 Å². The third-order valence-electron chi connectivity index (χ3n) is 3.36. The summed E-state index contributed by atoms with van der Waals surface area (Å²) in [7, 11) is 0. The van der Waals surface area contributed by atoms with Crippen LogP contribution in [0.4, 0.5) is 0 Å². The highest BCUT2D eigenvalue weighted by Crippen LogP contribution is 2.30. The minimum absolute atomic E-state index is 0. The van der Waals surface area contributed by atoms with Gasteiger partial charge in [0.05, 0.1) is 0 Å². The van der Waals surface area contributed by atoms with Gasteiger partial charge in [-0.2, -0.15) is 0 Å². The number of aliphatic carboxylic acids is 1. The molecule has 0 atom stereocenters. The summed E-state index contributed by atoms with van der Waals surface area (Å²) >= 11 is 0. The van der Waals surface area contributed by atoms with Gasteiger partial charge in [0.15, 0.2) is 0 Å². The van der Waals surface area contributed by atoms with Crippen molar-refractivity contribution in [1.29, 1.82) is 0 Å². The van der Waals surface area contributed by atoms with Gasteiger partial charge in [0, 0.05) is 12.8 Å². The average molecular weight is 270 g/mol. The fraction of sp³-hybridized carbons (Fsp3) is 0.500. The second kappa shape index (κ2) is 5.72. The Hall–Kier alpha value is -1.06. The van der Waals surface area contributed by atoms with E-state index in [-0.39, 0.29) is 12.4 Å². The summed E-state index contributed by atoms with van der Waals surface area (Å²) in [4.78, 5) is 11.5. The molecule has 0 heterocycles. The van der Waals surface area contributed by atoms with Crippen molar-refractivity contribution in [3.8, 4) is 0 Å². The first-order chi connectivity index (χ1) is 8.03. The molecule has 1 aromatic rings. The first-order valence-corrected chi connectivity index (χ1v) is 6.09. The quantitative estimate of drug-likeness (QED) is 0.882. The Morgan fingerprint density at radius 3 is 2.22 bits per heavy atom. The number of carboxylic acid groups (broad SMARTS) is 1. The van der Waals surface area contributed by atoms with Crippen LogP contribution in [0.5, 0.6) is 0 Å². The number of hydrogen-bond acceptors (Lipinski definition) is 2. The first-order valence-electron chi connectivity index (χ1n) is 6.09. The van der Waals surface area contributed by atoms with Gasteiger partial charge in [0.1, 0.15) is 5.54 Å². The lowest BCUT2D eigenvalue weighted by atomic mass is 9.95. The summed E-state index contributed by atoms with van der Waals surface area (Å²) in [5.74, 6) is -0.288. The first kappa shape index (κ1) is 15.0. The Morgan fingerprint density at radius 2 is 1.83 bits per heavy atom. The standard InChI is InChI=1S/C14H19NO2.ClH/c1-10(2)9-15-14(13(16)17)7-11-5-3-4-6-12(11)8-14;/h3-6,10,15H,7-9H2,1-2H3,(H,16,17);1H. The molecule has 0 unspecified atom stereocenters. The smallest absolute Gasteiger partial charge is 0.324 e. The van der Waals surface area contributed by atoms with E-state index < -0.39 is 11.5 Å². The van der Waals surface area contributed by atoms with Gasteiger partial charge in [0.25, 0.3) is 0 Å². The molecule has 18 heavy (non-hydrogen) atoms. The van der Waals surface area contributed by atoms with Crippen molar-refractivity contribution in [3.05, 3.63) is 35.4 Å². The van der Waals surface area contributed by atoms with E-state index in [0.717, 1.165) is 17.7 Å². The monoisotopic (exact) mass is 269 g/mol. The van der Waals surface area contributed by atoms with Crippen LogP contribution < -0.4 is 5.32 Å². The maximum absolute atomic E-state index is 11.5. The van der Waals surface area contributed by atoms with Crippen LogP contribution in [-0.4, -0.2) is 23.2 Å². The molecule has 0 aromatic heterocycles. The Labute approximate surface area is 114 Å². The molecule has 1 aromatic carbocycles. The highest BCUT2D eigenvalue weighted by molar-refractivity contribution is 5.85. The Morgan fingerprint density at radius 1 is 1.33 bits per heavy atom. The summed E-state index contributed by atoms with van der Waals surface area (Å²) < 4.78 is 0. The second-order valence-electron chi connectivity index (χ2n) is 5.28. The number of halogens is 1. The number of rotatable bonds is 4. The van der Waals surface area contributed by atoms with E-state index in [4.69, 9.17) is 0 Å². The molecule has 0 saturated heterocycles. The van der Waals surface area contributed by atoms with E-state index in [9.17, 15) is 9.90 Å². The van der Waals surface area contributed by atoms with Crippen molar-refractivity contribution < 1.29 is 9.90 Å². The third-order valence-corrected chi connectivity index (χ3v) is 3.36. The molecular weight excluding hydrogens is 250 g/mol. The zero-order chi connectivity index (χ0) is 12.5. The number of fused-ring (bicyclic) bond motifs is 1. The van der Waals surface area contributed by atoms with E-state index in [1.807, 2.05) is 24.3 Å². The van der Waals surface area contributed by atoms with Gasteiger partial charge >= 0.3 is 5.97 Å². The number of hydrogen-bond donors (Lipinski definition) is 2. The van der Waals surface area contributed by atoms with Gasteiger partial charge in [-0.05, 0) is 23.6 Å². The molecule has 2 rings (SSSR count). The van der Waals surface area contributed by atoms with Crippen molar-refractivity contribution >= 4 is 18.4 Å². The summed E-state index contributed by atoms with van der Waals surface area (Å²) in [6, 6.07) is 7.99. The van der Waals surface area contributed by atoms with E-state index >= 15 is 0 Å². The van der Waals surface area contributed by atoms with E-state index in [1.165, 1.54) is 0 Å². The summed E-state index contributed by atoms with van der Waals surface area (Å²) in [5, 5.41) is 12.7. The fourth-order valence-corrected chi connectivity index (χ4v) is 2.37. The van der Waals surface area contributed by atoms with Gasteiger partial charge in [-0.15, -0.1) is 12.4 Å². The van der Waals surface area contributed by atoms with Crippen molar-refractivity contribution in [2.24, 2.45) is 5.92 Å². The number of nitrogens with one attached hydrogen (secondary N) is 1. The van der Waals surface area contributed by atoms with Gasteiger partial charge in [-0.25, -0.2) is 0 Å². The number of carboxylic acids is 1. The topological polar surface area (TPSA) is 49.3 Å². The lowest BCUT2D eigenvalue weighted by Gasteiger charge is -2.26. The molecule has 0 fully saturated rings. The minimum atomic E-state index is -0.798. The molecule has 0 radical (unpaired) electrons. The van der Waals surface area contributed by atoms with Crippen LogP contribution in [0.1, 0.15) is 25.0 Å². The van der Waals surface area contributed by atoms with Gasteiger partial charge in [-0.1, -0.05) is 38.1 Å². The Bertz CT molecular complexity index is 407. The van der Waals surface area contributed by atoms with E-state index in [2.05, 4.69) is 19.2 Å². The van der Waals surface area contributed by atoms with E-state index in [0.29, 0.717) is 18.8 Å². The van der Waals surface area contributed by atoms with Crippen LogP contribution in [0.3, 0.4) is 0 Å². The molecular formula is C14H20ClNO2. The molecule has 3 nitrogen and oxygen atoms in total. The molecule has 0 bridgehead atoms. The van der Waals surface area contributed by atoms with Crippen LogP contribution in [0, 0.1) is 5.92 Å². The van der Waals surface area contributed by atoms with Crippen LogP contribution in [-0.2, 0) is 17.6 Å². The SMILES string of the molecule is CC(C)CNC1(C(=O)O)Cc2ccccc2C1.Cl. The summed E-state index contributed by atoms with van der Waals surface area (Å²) in [5.41, 5.74) is 1.52. The van der Waals surface area contributed by atoms with Crippen LogP contribution in [0.25, 0.3) is 0 Å². The zero-order valence-corrected chi connectivity index (χ0v) is 11.6. The lowest BCUT2D eigenvalue weighted by Crippen LogP contribution is -2.54. The molecule has 0 spiro atoms. The van der Waals surface area contributed by atoms with Gasteiger partial charge < -0.3 is 10.4 Å². The predicted molar refractivity (Wildman–Crippen MR) is 74.3 cm³/mol. The molecule has 4 heteroatoms. The Balaban J connectivity index is 0.00000162. The third kappa shape index (κ3) is 2.85. The Kier molecular flexibility index (Phi) is 4.77. The van der Waals surface area contributed by atoms with Gasteiger partial charge in [0.2, 0.25) is 0 Å². The fourth-order valence-electron chi connectivity index (χ4n) is 2.37. The van der Waals surface area contributed by atoms with Crippen molar-refractivity contribution in [2.75, 3.05) is 6.54 Å². The second-order valence-corrected chi connectivity index (χ2v) is 5.28. The van der Waals surface area contributed by atoms with Gasteiger partial charge in [-0.3, -0.25) is 4.79 Å². The molecule has 1 aliphatic carbocycles. The van der Waals surface area contributed by atoms with Crippen molar-refractivity contribution in [1.82, 2.24) is 5.32 Å². The lowest BCUT2D eigenvalue weighted by molar-refractivity contribution is -0.144. The summed E-state index contributed by atoms with van der Waals surface area (Å²) in [6.07, 6.45) is 1.18. The number of carbonyl (C=O) groups is 1. The summed E-state index contributed by atoms with van der Waals surface area (Å²) in [6.45, 7) is 4.91. The zero-order valence-electron chi connectivity index (χ0n) is 10.8. The average Bonchev–Trinajstić information content (AvgIpc) is 2.66. The predicted octanol–water partition coefficient (Wildman–Crippen LogP) is 2.28. The normalized spacial score (nSPS) is 16.2. The molecule has 0 aliphatic heterocycles. The molecule has 1 aliphatic rings. The van der Waals surface area contributed by atoms with Crippen LogP contribution in [0.15, 0.2) is 24.3 Å². The number of benzene rings is 1. The molecule has 2 N–H and O–H groups in total. The maximum Gasteiger partial charge on any atom is 0.324 e. The molecule has 0 saturated carbocycles. The molecule has 0 amide bonds. The minimum Gasteiger partial charge on any atom is -0.480 e. The van der Waals surface area contributed by atoms with Crippen LogP contribution in [0.2, 0.25) is 0 Å². The van der Waals surface area contributed by atoms with Crippen LogP contribution >= 0.6 is 12.4 Å². The molecule has 100 valence electrons. The largest absolute Gasteiger partial charge is 0.480 e. The van der Waals surface area contributed by atoms with Crippen molar-refractivity contribution in [2.45, 2.75) is 32.2 Å². The maximum atomic E-state index is 11.5.